The summed E-state index contributed by atoms with van der Waals surface area (Å²) in [7, 11) is 0. The van der Waals surface area contributed by atoms with Crippen LogP contribution < -0.4 is 34.7 Å². The molecule has 2 aromatic carbocycles. The predicted octanol–water partition coefficient (Wildman–Crippen LogP) is -1.13. The van der Waals surface area contributed by atoms with E-state index in [9.17, 15) is 15.0 Å². The number of nitrogens with one attached hydrogen (secondary N) is 1. The number of oxime groups is 1. The summed E-state index contributed by atoms with van der Waals surface area (Å²) < 4.78 is 0. The summed E-state index contributed by atoms with van der Waals surface area (Å²) >= 11 is 0. The summed E-state index contributed by atoms with van der Waals surface area (Å²) in [5, 5.41) is 25.8. The molecule has 2 heterocycles. The van der Waals surface area contributed by atoms with E-state index in [-0.39, 0.29) is 48.5 Å². The van der Waals surface area contributed by atoms with Crippen LogP contribution in [0.15, 0.2) is 58.7 Å². The van der Waals surface area contributed by atoms with Gasteiger partial charge in [0.2, 0.25) is 0 Å². The van der Waals surface area contributed by atoms with Crippen molar-refractivity contribution in [3.8, 4) is 5.88 Å². The summed E-state index contributed by atoms with van der Waals surface area (Å²) in [5.74, 6) is -1.22. The number of aromatic nitrogens is 1. The Labute approximate surface area is 176 Å². The van der Waals surface area contributed by atoms with Crippen LogP contribution in [0.3, 0.4) is 0 Å². The first-order chi connectivity index (χ1) is 12.6. The molecular formula is C19H14N3NaO4. The topological polar surface area (TPSA) is 110 Å². The minimum Gasteiger partial charge on any atom is -0.550 e. The molecule has 0 spiro atoms. The van der Waals surface area contributed by atoms with Crippen molar-refractivity contribution >= 4 is 34.0 Å². The first kappa shape index (κ1) is 19.2. The molecule has 0 radical (unpaired) electrons. The fourth-order valence-electron chi connectivity index (χ4n) is 2.95. The minimum atomic E-state index is -1.21. The zero-order valence-corrected chi connectivity index (χ0v) is 16.6. The Balaban J connectivity index is 0.00000210. The van der Waals surface area contributed by atoms with Gasteiger partial charge in [-0.25, -0.2) is 4.99 Å². The van der Waals surface area contributed by atoms with Crippen LogP contribution in [0.4, 0.5) is 5.69 Å². The number of nitrogens with zero attached hydrogens (tertiary/aromatic N) is 2. The van der Waals surface area contributed by atoms with E-state index < -0.39 is 5.97 Å². The molecule has 3 aromatic rings. The zero-order valence-electron chi connectivity index (χ0n) is 14.6. The van der Waals surface area contributed by atoms with Crippen molar-refractivity contribution in [1.29, 1.82) is 0 Å². The molecule has 0 fully saturated rings. The zero-order chi connectivity index (χ0) is 18.1. The Morgan fingerprint density at radius 3 is 2.74 bits per heavy atom. The third kappa shape index (κ3) is 3.62. The summed E-state index contributed by atoms with van der Waals surface area (Å²) in [6.45, 7) is -0.110. The van der Waals surface area contributed by atoms with Crippen molar-refractivity contribution in [1.82, 2.24) is 4.98 Å². The number of carboxylic acid groups (broad SMARTS) is 1. The van der Waals surface area contributed by atoms with Crippen LogP contribution in [-0.4, -0.2) is 34.1 Å². The fraction of sp³-hybridized carbons (Fsp3) is 0.105. The number of rotatable bonds is 5. The summed E-state index contributed by atoms with van der Waals surface area (Å²) in [5.41, 5.74) is 3.67. The van der Waals surface area contributed by atoms with Crippen molar-refractivity contribution in [3.05, 3.63) is 59.7 Å². The van der Waals surface area contributed by atoms with Gasteiger partial charge in [-0.15, -0.1) is 0 Å². The molecule has 1 aliphatic rings. The van der Waals surface area contributed by atoms with Crippen molar-refractivity contribution in [2.24, 2.45) is 10.1 Å². The first-order valence-corrected chi connectivity index (χ1v) is 8.03. The van der Waals surface area contributed by atoms with E-state index >= 15 is 0 Å². The van der Waals surface area contributed by atoms with Crippen LogP contribution in [0.25, 0.3) is 10.9 Å². The van der Waals surface area contributed by atoms with Crippen molar-refractivity contribution in [2.45, 2.75) is 6.42 Å². The second kappa shape index (κ2) is 7.96. The Hall–Kier alpha value is -2.61. The Bertz CT molecular complexity index is 1070. The molecule has 1 aliphatic heterocycles. The number of benzene rings is 2. The van der Waals surface area contributed by atoms with Crippen LogP contribution in [0.1, 0.15) is 17.5 Å². The Kier molecular flexibility index (Phi) is 5.65. The number of hydrogen-bond donors (Lipinski definition) is 2. The standard InChI is InChI=1S/C19H15N3O4.Na/c23-15(24)9-10-26-22-17-12-6-2-4-8-14(12)20-18(17)16-11-5-1-3-7-13(11)21-19(16)25;/h1-8,21,25H,9-10H2,(H,23,24);/q;+1/p-1/b22-17+;. The van der Waals surface area contributed by atoms with Gasteiger partial charge >= 0.3 is 29.6 Å². The van der Waals surface area contributed by atoms with Crippen molar-refractivity contribution < 1.29 is 49.4 Å². The molecule has 0 atom stereocenters. The molecule has 130 valence electrons. The van der Waals surface area contributed by atoms with E-state index in [2.05, 4.69) is 15.1 Å². The Morgan fingerprint density at radius 1 is 1.19 bits per heavy atom. The van der Waals surface area contributed by atoms with Crippen LogP contribution in [0.2, 0.25) is 0 Å². The maximum atomic E-state index is 10.5. The van der Waals surface area contributed by atoms with Gasteiger partial charge in [0.1, 0.15) is 18.0 Å². The molecule has 2 N–H and O–H groups in total. The van der Waals surface area contributed by atoms with E-state index in [1.165, 1.54) is 0 Å². The van der Waals surface area contributed by atoms with Crippen LogP contribution in [0.5, 0.6) is 5.88 Å². The number of H-pyrrole nitrogens is 1. The summed E-state index contributed by atoms with van der Waals surface area (Å²) in [6, 6.07) is 14.9. The maximum absolute atomic E-state index is 10.5. The Morgan fingerprint density at radius 2 is 1.93 bits per heavy atom. The molecule has 0 aliphatic carbocycles. The molecule has 0 bridgehead atoms. The summed E-state index contributed by atoms with van der Waals surface area (Å²) in [6.07, 6.45) is -0.261. The number of fused-ring (bicyclic) bond motifs is 2. The van der Waals surface area contributed by atoms with Gasteiger partial charge in [-0.2, -0.15) is 0 Å². The number of hydrogen-bond acceptors (Lipinski definition) is 6. The van der Waals surface area contributed by atoms with Gasteiger partial charge in [0.05, 0.1) is 11.3 Å². The van der Waals surface area contributed by atoms with Gasteiger partial charge in [0.15, 0.2) is 5.88 Å². The maximum Gasteiger partial charge on any atom is 1.00 e. The first-order valence-electron chi connectivity index (χ1n) is 8.03. The van der Waals surface area contributed by atoms with Gasteiger partial charge in [0.25, 0.3) is 0 Å². The van der Waals surface area contributed by atoms with Gasteiger partial charge in [-0.1, -0.05) is 41.6 Å². The largest absolute Gasteiger partial charge is 1.00 e. The monoisotopic (exact) mass is 371 g/mol. The van der Waals surface area contributed by atoms with Gasteiger partial charge in [-0.05, 0) is 12.1 Å². The van der Waals surface area contributed by atoms with Crippen LogP contribution in [-0.2, 0) is 9.63 Å². The third-order valence-electron chi connectivity index (χ3n) is 4.09. The third-order valence-corrected chi connectivity index (χ3v) is 4.09. The number of para-hydroxylation sites is 2. The van der Waals surface area contributed by atoms with Crippen LogP contribution in [0, 0.1) is 0 Å². The number of carbonyl (C=O) groups excluding carboxylic acids is 1. The molecular weight excluding hydrogens is 357 g/mol. The molecule has 0 amide bonds. The quantitative estimate of drug-likeness (QED) is 0.336. The average Bonchev–Trinajstić information content (AvgIpc) is 3.15. The number of aliphatic carboxylic acids is 1. The number of aromatic amines is 1. The summed E-state index contributed by atoms with van der Waals surface area (Å²) in [4.78, 5) is 23.2. The normalized spacial score (nSPS) is 13.9. The van der Waals surface area contributed by atoms with E-state index in [4.69, 9.17) is 4.84 Å². The van der Waals surface area contributed by atoms with E-state index in [0.29, 0.717) is 22.7 Å². The molecule has 1 aromatic heterocycles. The smallest absolute Gasteiger partial charge is 0.550 e. The minimum absolute atomic E-state index is 0. The molecule has 7 nitrogen and oxygen atoms in total. The molecule has 8 heteroatoms. The molecule has 27 heavy (non-hydrogen) atoms. The second-order valence-corrected chi connectivity index (χ2v) is 5.77. The second-order valence-electron chi connectivity index (χ2n) is 5.77. The number of aliphatic imine (C=N–C) groups is 1. The van der Waals surface area contributed by atoms with E-state index in [1.54, 1.807) is 0 Å². The van der Waals surface area contributed by atoms with E-state index in [1.807, 2.05) is 48.5 Å². The molecule has 0 unspecified atom stereocenters. The number of carboxylic acids is 1. The molecule has 0 saturated heterocycles. The number of aromatic hydroxyl groups is 1. The molecule has 4 rings (SSSR count). The van der Waals surface area contributed by atoms with Crippen molar-refractivity contribution in [2.75, 3.05) is 6.61 Å². The fourth-order valence-corrected chi connectivity index (χ4v) is 2.95. The number of carbonyl (C=O) groups is 1. The average molecular weight is 371 g/mol. The van der Waals surface area contributed by atoms with Gasteiger partial charge < -0.3 is 24.8 Å². The van der Waals surface area contributed by atoms with Crippen LogP contribution >= 0.6 is 0 Å². The van der Waals surface area contributed by atoms with Crippen molar-refractivity contribution in [3.63, 3.8) is 0 Å². The SMILES string of the molecule is O=C([O-])CCO/N=C1/C(c2c(O)[nH]c3ccccc23)=Nc2ccccc21.[Na+]. The van der Waals surface area contributed by atoms with Gasteiger partial charge in [0, 0.05) is 28.9 Å². The van der Waals surface area contributed by atoms with E-state index in [0.717, 1.165) is 16.5 Å². The predicted molar refractivity (Wildman–Crippen MR) is 94.7 cm³/mol. The molecule has 0 saturated carbocycles. The van der Waals surface area contributed by atoms with Gasteiger partial charge in [-0.3, -0.25) is 0 Å².